The van der Waals surface area contributed by atoms with Crippen molar-refractivity contribution in [1.29, 1.82) is 0 Å². The highest BCUT2D eigenvalue weighted by Crippen LogP contribution is 2.30. The zero-order valence-electron chi connectivity index (χ0n) is 14.1. The lowest BCUT2D eigenvalue weighted by Crippen LogP contribution is -1.97. The molecule has 0 spiro atoms. The van der Waals surface area contributed by atoms with Gasteiger partial charge in [-0.25, -0.2) is 4.79 Å². The number of aromatic hydroxyl groups is 1. The number of esters is 1. The Bertz CT molecular complexity index is 1060. The molecule has 3 aromatic carbocycles. The third kappa shape index (κ3) is 3.05. The maximum Gasteiger partial charge on any atom is 0.343 e. The van der Waals surface area contributed by atoms with Crippen LogP contribution >= 0.6 is 0 Å². The fraction of sp³-hybridized carbons (Fsp3) is 0.0455. The number of carbonyl (C=O) groups excluding carboxylic acids is 1. The van der Waals surface area contributed by atoms with Crippen LogP contribution in [0.5, 0.6) is 11.5 Å². The van der Waals surface area contributed by atoms with E-state index in [-0.39, 0.29) is 11.7 Å². The third-order valence-electron chi connectivity index (χ3n) is 4.27. The van der Waals surface area contributed by atoms with Gasteiger partial charge in [0.25, 0.3) is 0 Å². The Morgan fingerprint density at radius 1 is 0.962 bits per heavy atom. The van der Waals surface area contributed by atoms with Crippen molar-refractivity contribution < 1.29 is 19.4 Å². The highest BCUT2D eigenvalue weighted by atomic mass is 16.5. The highest BCUT2D eigenvalue weighted by molar-refractivity contribution is 6.05. The van der Waals surface area contributed by atoms with Crippen molar-refractivity contribution >= 4 is 28.6 Å². The van der Waals surface area contributed by atoms with Gasteiger partial charge >= 0.3 is 5.97 Å². The first kappa shape index (κ1) is 16.0. The van der Waals surface area contributed by atoms with Gasteiger partial charge < -0.3 is 14.6 Å². The molecule has 3 aromatic rings. The molecule has 0 bridgehead atoms. The van der Waals surface area contributed by atoms with Crippen molar-refractivity contribution in [2.45, 2.75) is 0 Å². The van der Waals surface area contributed by atoms with Crippen LogP contribution in [0.25, 0.3) is 22.6 Å². The zero-order chi connectivity index (χ0) is 18.1. The Hall–Kier alpha value is -3.53. The van der Waals surface area contributed by atoms with E-state index in [1.54, 1.807) is 43.5 Å². The van der Waals surface area contributed by atoms with Gasteiger partial charge in [-0.1, -0.05) is 30.3 Å². The SMILES string of the molecule is COc1ccc2cc(C3=C/C(=C/c4ccc(O)cc4)C(=O)O3)ccc2c1. The third-order valence-corrected chi connectivity index (χ3v) is 4.27. The first-order chi connectivity index (χ1) is 12.6. The summed E-state index contributed by atoms with van der Waals surface area (Å²) < 4.78 is 10.7. The van der Waals surface area contributed by atoms with Gasteiger partial charge in [0.2, 0.25) is 0 Å². The minimum absolute atomic E-state index is 0.185. The van der Waals surface area contributed by atoms with Crippen molar-refractivity contribution in [3.05, 3.63) is 83.4 Å². The maximum atomic E-state index is 12.2. The van der Waals surface area contributed by atoms with Crippen molar-refractivity contribution in [2.75, 3.05) is 7.11 Å². The van der Waals surface area contributed by atoms with Crippen molar-refractivity contribution in [2.24, 2.45) is 0 Å². The van der Waals surface area contributed by atoms with E-state index in [0.29, 0.717) is 11.3 Å². The van der Waals surface area contributed by atoms with Gasteiger partial charge in [0, 0.05) is 5.56 Å². The molecule has 0 saturated carbocycles. The molecular weight excluding hydrogens is 328 g/mol. The molecule has 0 aromatic heterocycles. The van der Waals surface area contributed by atoms with E-state index < -0.39 is 0 Å². The summed E-state index contributed by atoms with van der Waals surface area (Å²) in [4.78, 5) is 12.2. The van der Waals surface area contributed by atoms with Gasteiger partial charge in [-0.05, 0) is 58.8 Å². The molecule has 1 heterocycles. The van der Waals surface area contributed by atoms with E-state index in [2.05, 4.69) is 0 Å². The normalized spacial score (nSPS) is 15.2. The van der Waals surface area contributed by atoms with E-state index in [0.717, 1.165) is 27.6 Å². The van der Waals surface area contributed by atoms with E-state index >= 15 is 0 Å². The molecule has 26 heavy (non-hydrogen) atoms. The number of rotatable bonds is 3. The number of benzene rings is 3. The molecular formula is C22H16O4. The molecule has 0 unspecified atom stereocenters. The number of carbonyl (C=O) groups is 1. The van der Waals surface area contributed by atoms with Crippen molar-refractivity contribution in [1.82, 2.24) is 0 Å². The van der Waals surface area contributed by atoms with Crippen LogP contribution < -0.4 is 4.74 Å². The molecule has 1 aliphatic heterocycles. The van der Waals surface area contributed by atoms with Crippen LogP contribution in [-0.2, 0) is 9.53 Å². The van der Waals surface area contributed by atoms with Gasteiger partial charge in [-0.15, -0.1) is 0 Å². The van der Waals surface area contributed by atoms with Crippen LogP contribution in [0.2, 0.25) is 0 Å². The van der Waals surface area contributed by atoms with Gasteiger partial charge in [-0.2, -0.15) is 0 Å². The number of cyclic esters (lactones) is 1. The minimum Gasteiger partial charge on any atom is -0.508 e. The van der Waals surface area contributed by atoms with Crippen molar-refractivity contribution in [3.63, 3.8) is 0 Å². The lowest BCUT2D eigenvalue weighted by atomic mass is 10.0. The van der Waals surface area contributed by atoms with Crippen LogP contribution in [-0.4, -0.2) is 18.2 Å². The maximum absolute atomic E-state index is 12.2. The predicted molar refractivity (Wildman–Crippen MR) is 101 cm³/mol. The Labute approximate surface area is 150 Å². The number of phenols is 1. The molecule has 1 N–H and O–H groups in total. The van der Waals surface area contributed by atoms with Crippen LogP contribution in [0.1, 0.15) is 11.1 Å². The second kappa shape index (κ2) is 6.41. The molecule has 0 saturated heterocycles. The Balaban J connectivity index is 1.68. The van der Waals surface area contributed by atoms with Crippen LogP contribution in [0, 0.1) is 0 Å². The summed E-state index contributed by atoms with van der Waals surface area (Å²) in [6.07, 6.45) is 3.47. The van der Waals surface area contributed by atoms with Crippen LogP contribution in [0.4, 0.5) is 0 Å². The van der Waals surface area contributed by atoms with E-state index in [4.69, 9.17) is 9.47 Å². The summed E-state index contributed by atoms with van der Waals surface area (Å²) in [6.45, 7) is 0. The number of ether oxygens (including phenoxy) is 2. The molecule has 1 aliphatic rings. The lowest BCUT2D eigenvalue weighted by Gasteiger charge is -2.06. The number of phenolic OH excluding ortho intramolecular Hbond substituents is 1. The molecule has 128 valence electrons. The van der Waals surface area contributed by atoms with E-state index in [1.165, 1.54) is 0 Å². The smallest absolute Gasteiger partial charge is 0.343 e. The highest BCUT2D eigenvalue weighted by Gasteiger charge is 2.22. The fourth-order valence-corrected chi connectivity index (χ4v) is 2.89. The van der Waals surface area contributed by atoms with Crippen LogP contribution in [0.3, 0.4) is 0 Å². The molecule has 0 atom stereocenters. The average Bonchev–Trinajstić information content (AvgIpc) is 3.03. The first-order valence-electron chi connectivity index (χ1n) is 8.15. The summed E-state index contributed by atoms with van der Waals surface area (Å²) in [6, 6.07) is 18.4. The molecule has 4 rings (SSSR count). The quantitative estimate of drug-likeness (QED) is 0.560. The number of hydrogen-bond donors (Lipinski definition) is 1. The number of fused-ring (bicyclic) bond motifs is 1. The van der Waals surface area contributed by atoms with Gasteiger partial charge in [0.15, 0.2) is 0 Å². The summed E-state index contributed by atoms with van der Waals surface area (Å²) >= 11 is 0. The summed E-state index contributed by atoms with van der Waals surface area (Å²) in [7, 11) is 1.64. The number of hydrogen-bond acceptors (Lipinski definition) is 4. The topological polar surface area (TPSA) is 55.8 Å². The van der Waals surface area contributed by atoms with E-state index in [9.17, 15) is 9.90 Å². The Morgan fingerprint density at radius 2 is 1.69 bits per heavy atom. The average molecular weight is 344 g/mol. The van der Waals surface area contributed by atoms with Crippen LogP contribution in [0.15, 0.2) is 72.3 Å². The largest absolute Gasteiger partial charge is 0.508 e. The second-order valence-corrected chi connectivity index (χ2v) is 6.02. The zero-order valence-corrected chi connectivity index (χ0v) is 14.1. The molecule has 0 amide bonds. The first-order valence-corrected chi connectivity index (χ1v) is 8.15. The summed E-state index contributed by atoms with van der Waals surface area (Å²) in [5.41, 5.74) is 2.13. The molecule has 0 fully saturated rings. The molecule has 4 nitrogen and oxygen atoms in total. The molecule has 0 aliphatic carbocycles. The molecule has 4 heteroatoms. The lowest BCUT2D eigenvalue weighted by molar-refractivity contribution is -0.130. The number of methoxy groups -OCH3 is 1. The van der Waals surface area contributed by atoms with Gasteiger partial charge in [0.05, 0.1) is 12.7 Å². The summed E-state index contributed by atoms with van der Waals surface area (Å²) in [5, 5.41) is 11.4. The van der Waals surface area contributed by atoms with Gasteiger partial charge in [-0.3, -0.25) is 0 Å². The van der Waals surface area contributed by atoms with Crippen molar-refractivity contribution in [3.8, 4) is 11.5 Å². The minimum atomic E-state index is -0.386. The fourth-order valence-electron chi connectivity index (χ4n) is 2.89. The monoisotopic (exact) mass is 344 g/mol. The van der Waals surface area contributed by atoms with Gasteiger partial charge in [0.1, 0.15) is 17.3 Å². The summed E-state index contributed by atoms with van der Waals surface area (Å²) in [5.74, 6) is 1.13. The predicted octanol–water partition coefficient (Wildman–Crippen LogP) is 4.54. The Kier molecular flexibility index (Phi) is 3.93. The van der Waals surface area contributed by atoms with E-state index in [1.807, 2.05) is 36.4 Å². The second-order valence-electron chi connectivity index (χ2n) is 6.02. The standard InChI is InChI=1S/C22H16O4/c1-25-20-9-6-15-11-17(5-4-16(15)12-20)21-13-18(22(24)26-21)10-14-2-7-19(23)8-3-14/h2-13,23H,1H3/b18-10-. The Morgan fingerprint density at radius 3 is 2.46 bits per heavy atom. The molecule has 0 radical (unpaired) electrons.